The second kappa shape index (κ2) is 42.1. The Morgan fingerprint density at radius 2 is 0.952 bits per heavy atom. The van der Waals surface area contributed by atoms with Gasteiger partial charge in [0.15, 0.2) is 37.2 Å². The van der Waals surface area contributed by atoms with Gasteiger partial charge < -0.3 is 139 Å². The molecule has 0 aromatic heterocycles. The maximum Gasteiger partial charge on any atom is 1.00 e. The van der Waals surface area contributed by atoms with E-state index in [0.29, 0.717) is 0 Å². The predicted molar refractivity (Wildman–Crippen MR) is 237 cm³/mol. The topological polar surface area (TPSA) is 702 Å². The molecule has 5 aliphatic rings. The van der Waals surface area contributed by atoms with Crippen LogP contribution in [-0.2, 0) is 113 Å². The standard InChI is InChI=1S/C32H51N3O22S.CH4.5Na.4H2O4S/c1-8-17(37)23(53-30-16(35)19(39)18(38)11(4)50-30)26(27(42)43)55-28(8)51-14-6-13(33)29(49-9(14)2)54-24-21(41)25(57-58(44,45)46)32(56-31(24)47-7-36)52-22-12(5)48-10(3)15(34)20(22)40;;;;;;;4*1-5(2,3)4/h6-26,28-32,37-41H,2,4-5,33-35H2,1,3H3,(H,42,43)(H,44,45,46);1H4;;;;;;4*(H2,1,2,3,4)/q-4;;5*+1;;;;/p-5/t8?,9?,10-,11+,12?,13?,14+,15?,16?,17-,18-,19-,20-,21+,22-,23+,24+,25?,26-,28-,29-,30-,31?,32-;;;;;;;;;;/m1........../s1. The summed E-state index contributed by atoms with van der Waals surface area (Å²) in [5, 5.41) is 63.5. The predicted octanol–water partition coefficient (Wildman–Crippen LogP) is -24.9. The Morgan fingerprint density at radius 3 is 1.38 bits per heavy atom. The summed E-state index contributed by atoms with van der Waals surface area (Å²) in [4.78, 5) is 23.8. The Kier molecular flexibility index (Phi) is 49.0. The molecule has 0 aromatic carbocycles. The van der Waals surface area contributed by atoms with Crippen molar-refractivity contribution in [3.8, 4) is 0 Å². The molecule has 0 amide bonds. The first kappa shape index (κ1) is 97.7. The molecule has 0 bridgehead atoms. The molecule has 472 valence electrons. The van der Waals surface area contributed by atoms with Crippen LogP contribution in [0.2, 0.25) is 0 Å². The molecule has 8 unspecified atom stereocenters. The first-order chi connectivity index (χ1) is 35.0. The summed E-state index contributed by atoms with van der Waals surface area (Å²) < 4.78 is 227. The van der Waals surface area contributed by atoms with Gasteiger partial charge in [-0.3, -0.25) is 33.6 Å². The van der Waals surface area contributed by atoms with Crippen LogP contribution >= 0.6 is 0 Å². The number of carbonyl (C=O) groups excluding carboxylic acids is 1. The Labute approximate surface area is 592 Å². The number of carbonyl (C=O) groups is 2. The van der Waals surface area contributed by atoms with E-state index < -0.39 is 205 Å². The number of carboxylic acid groups (broad SMARTS) is 1. The van der Waals surface area contributed by atoms with E-state index in [4.69, 9.17) is 135 Å². The molecule has 5 heterocycles. The number of aliphatic carboxylic acids is 1. The second-order valence-electron chi connectivity index (χ2n) is 16.2. The van der Waals surface area contributed by atoms with Gasteiger partial charge in [0.05, 0.1) is 48.7 Å². The SMILES string of the molecule is C.O=S(=O)([O-])O.O=S(=O)([O-])O.O=S(=O)([O-])O.O=S(=O)([O-])O.[CH2-]C1O[C@H](O[C@@H]2C(OC=O)O[C@@H](O[C@@H]3C([CH2-])O[C@H](C)C(N)[C@H]3O)C(OS(=O)(=O)[O-])[C@H]2O)C(N)[CH-][C@@H]1O[C@@H]1O[C@@H](C(=O)O)[C@@H](O[C@H]2O[C@@H]([CH2-])[C@@H](O)[C@H](O)C2N)[C@H](O)C1C.[Na+].[Na+].[Na+].[Na+].[Na+]. The molecule has 5 rings (SSSR count). The van der Waals surface area contributed by atoms with Crippen molar-refractivity contribution in [3.63, 3.8) is 0 Å². The van der Waals surface area contributed by atoms with Crippen LogP contribution in [0.4, 0.5) is 0 Å². The van der Waals surface area contributed by atoms with E-state index in [2.05, 4.69) is 25.0 Å². The fraction of sp³-hybridized carbons (Fsp3) is 0.818. The normalized spacial score (nSPS) is 37.6. The van der Waals surface area contributed by atoms with Gasteiger partial charge in [-0.15, -0.1) is 0 Å². The fourth-order valence-electron chi connectivity index (χ4n) is 7.00. The van der Waals surface area contributed by atoms with E-state index in [1.807, 2.05) is 0 Å². The summed E-state index contributed by atoms with van der Waals surface area (Å²) in [5.74, 6) is -2.62. The zero-order valence-electron chi connectivity index (χ0n) is 44.3. The van der Waals surface area contributed by atoms with Gasteiger partial charge in [0, 0.05) is 5.92 Å². The number of ether oxygens (including phenoxy) is 10. The molecule has 41 nitrogen and oxygen atoms in total. The monoisotopic (exact) mass is 1380 g/mol. The molecule has 0 saturated carbocycles. The van der Waals surface area contributed by atoms with Gasteiger partial charge in [-0.25, -0.2) is 46.9 Å². The molecule has 5 fully saturated rings. The third-order valence-electron chi connectivity index (χ3n) is 10.4. The Morgan fingerprint density at radius 1 is 0.524 bits per heavy atom. The molecule has 0 aromatic rings. The molecule has 51 heteroatoms. The minimum atomic E-state index is -5.61. The van der Waals surface area contributed by atoms with Crippen LogP contribution in [0.5, 0.6) is 0 Å². The number of aliphatic hydroxyl groups is 5. The van der Waals surface area contributed by atoms with E-state index in [0.717, 1.165) is 0 Å². The van der Waals surface area contributed by atoms with Gasteiger partial charge >= 0.3 is 154 Å². The van der Waals surface area contributed by atoms with E-state index in [1.54, 1.807) is 6.92 Å². The number of hydrogen-bond acceptors (Lipinski definition) is 36. The third-order valence-corrected chi connectivity index (χ3v) is 10.8. The smallest absolute Gasteiger partial charge is 0.726 e. The molecule has 0 spiro atoms. The molecule has 5 aliphatic heterocycles. The van der Waals surface area contributed by atoms with Crippen molar-refractivity contribution in [2.45, 2.75) is 162 Å². The van der Waals surface area contributed by atoms with E-state index in [-0.39, 0.29) is 162 Å². The zero-order valence-corrected chi connectivity index (χ0v) is 58.4. The average Bonchev–Trinajstić information content (AvgIpc) is 3.23. The minimum absolute atomic E-state index is 0. The summed E-state index contributed by atoms with van der Waals surface area (Å²) >= 11 is 0. The van der Waals surface area contributed by atoms with Crippen LogP contribution in [0.15, 0.2) is 0 Å². The summed E-state index contributed by atoms with van der Waals surface area (Å²) in [7, 11) is -25.3. The summed E-state index contributed by atoms with van der Waals surface area (Å²) in [5.41, 5.74) is 18.2. The van der Waals surface area contributed by atoms with E-state index in [9.17, 15) is 53.2 Å². The Bertz CT molecular complexity index is 2340. The molecule has 5 saturated heterocycles. The summed E-state index contributed by atoms with van der Waals surface area (Å²) in [6, 6.07) is -3.70. The van der Waals surface area contributed by atoms with Gasteiger partial charge in [-0.05, 0) is 19.1 Å². The van der Waals surface area contributed by atoms with Crippen molar-refractivity contribution < 1.29 is 323 Å². The number of carboxylic acids is 1. The van der Waals surface area contributed by atoms with Crippen molar-refractivity contribution in [1.29, 1.82) is 0 Å². The van der Waals surface area contributed by atoms with Crippen LogP contribution < -0.4 is 165 Å². The average molecular weight is 1380 g/mol. The van der Waals surface area contributed by atoms with E-state index in [1.165, 1.54) is 13.3 Å². The van der Waals surface area contributed by atoms with Gasteiger partial charge in [0.25, 0.3) is 6.47 Å². The largest absolute Gasteiger partial charge is 1.00 e. The minimum Gasteiger partial charge on any atom is -0.726 e. The maximum absolute atomic E-state index is 12.3. The van der Waals surface area contributed by atoms with Gasteiger partial charge in [-0.2, -0.15) is 0 Å². The van der Waals surface area contributed by atoms with Gasteiger partial charge in [0.2, 0.25) is 58.3 Å². The quantitative estimate of drug-likeness (QED) is 0.0268. The first-order valence-corrected chi connectivity index (χ1v) is 27.4. The van der Waals surface area contributed by atoms with Crippen LogP contribution in [0.3, 0.4) is 0 Å². The number of rotatable bonds is 13. The van der Waals surface area contributed by atoms with Crippen LogP contribution in [0.1, 0.15) is 21.3 Å². The van der Waals surface area contributed by atoms with Crippen LogP contribution in [0, 0.1) is 33.1 Å². The number of hydrogen-bond donors (Lipinski definition) is 13. The van der Waals surface area contributed by atoms with Crippen LogP contribution in [0.25, 0.3) is 0 Å². The van der Waals surface area contributed by atoms with Crippen molar-refractivity contribution in [2.75, 3.05) is 0 Å². The number of aliphatic hydroxyl groups excluding tert-OH is 5. The molecule has 0 aliphatic carbocycles. The van der Waals surface area contributed by atoms with Crippen molar-refractivity contribution >= 4 is 64.4 Å². The Hall–Kier alpha value is 2.61. The summed E-state index contributed by atoms with van der Waals surface area (Å²) in [6.45, 7) is 14.0. The molecular formula is C33H58N3Na5O38S5-4. The molecule has 16 N–H and O–H groups in total. The molecular weight excluding hydrogens is 1320 g/mol. The van der Waals surface area contributed by atoms with Gasteiger partial charge in [-0.1, -0.05) is 32.6 Å². The molecule has 84 heavy (non-hydrogen) atoms. The molecule has 0 radical (unpaired) electrons. The maximum atomic E-state index is 12.3. The first-order valence-electron chi connectivity index (χ1n) is 20.6. The van der Waals surface area contributed by atoms with Crippen molar-refractivity contribution in [2.24, 2.45) is 23.1 Å². The second-order valence-corrected chi connectivity index (χ2v) is 20.6. The fourth-order valence-corrected chi connectivity index (χ4v) is 7.47. The van der Waals surface area contributed by atoms with Crippen molar-refractivity contribution in [1.82, 2.24) is 0 Å². The van der Waals surface area contributed by atoms with E-state index >= 15 is 0 Å². The van der Waals surface area contributed by atoms with Crippen LogP contribution in [-0.4, -0.2) is 267 Å². The third kappa shape index (κ3) is 36.9. The number of nitrogens with two attached hydrogens (primary N) is 3. The summed E-state index contributed by atoms with van der Waals surface area (Å²) in [6.07, 6.45) is -30.2. The van der Waals surface area contributed by atoms with Crippen molar-refractivity contribution in [3.05, 3.63) is 27.2 Å². The Balaban J connectivity index is -0.000000504. The molecule has 24 atom stereocenters. The zero-order chi connectivity index (χ0) is 61.1. The van der Waals surface area contributed by atoms with Gasteiger partial charge in [0.1, 0.15) is 18.5 Å².